The molecule has 0 aliphatic carbocycles. The van der Waals surface area contributed by atoms with Gasteiger partial charge in [-0.15, -0.1) is 0 Å². The number of imide groups is 1. The van der Waals surface area contributed by atoms with Crippen molar-refractivity contribution in [3.05, 3.63) is 90.7 Å². The molecule has 35 heavy (non-hydrogen) atoms. The molecule has 0 aromatic heterocycles. The number of ether oxygens (including phenoxy) is 3. The summed E-state index contributed by atoms with van der Waals surface area (Å²) < 4.78 is 17.3. The minimum Gasteiger partial charge on any atom is -0.488 e. The van der Waals surface area contributed by atoms with Crippen molar-refractivity contribution in [1.29, 1.82) is 0 Å². The van der Waals surface area contributed by atoms with Crippen LogP contribution in [0.1, 0.15) is 16.7 Å². The van der Waals surface area contributed by atoms with E-state index in [1.165, 1.54) is 0 Å². The van der Waals surface area contributed by atoms with Gasteiger partial charge in [0, 0.05) is 21.7 Å². The van der Waals surface area contributed by atoms with Gasteiger partial charge in [-0.3, -0.25) is 14.5 Å². The zero-order valence-electron chi connectivity index (χ0n) is 17.9. The summed E-state index contributed by atoms with van der Waals surface area (Å²) in [5.41, 5.74) is 2.22. The Kier molecular flexibility index (Phi) is 6.98. The summed E-state index contributed by atoms with van der Waals surface area (Å²) in [5, 5.41) is 0.667. The van der Waals surface area contributed by atoms with Gasteiger partial charge in [-0.2, -0.15) is 0 Å². The third-order valence-corrected chi connectivity index (χ3v) is 7.59. The number of thioether (sulfide) groups is 1. The van der Waals surface area contributed by atoms with Crippen LogP contribution in [0, 0.1) is 0 Å². The van der Waals surface area contributed by atoms with E-state index in [0.717, 1.165) is 27.8 Å². The molecule has 3 aromatic rings. The molecule has 10 heteroatoms. The first-order valence-electron chi connectivity index (χ1n) is 10.4. The number of nitrogens with zero attached hydrogens (tertiary/aromatic N) is 1. The maximum Gasteiger partial charge on any atom is 0.293 e. The predicted octanol–water partition coefficient (Wildman–Crippen LogP) is 7.30. The van der Waals surface area contributed by atoms with E-state index in [2.05, 4.69) is 15.9 Å². The third-order valence-electron chi connectivity index (χ3n) is 5.34. The number of carbonyl (C=O) groups is 2. The summed E-state index contributed by atoms with van der Waals surface area (Å²) in [5.74, 6) is 1.32. The lowest BCUT2D eigenvalue weighted by molar-refractivity contribution is -0.123. The van der Waals surface area contributed by atoms with Gasteiger partial charge in [0.25, 0.3) is 11.1 Å². The molecule has 2 aliphatic rings. The maximum atomic E-state index is 13.0. The number of rotatable bonds is 6. The Morgan fingerprint density at radius 3 is 2.54 bits per heavy atom. The van der Waals surface area contributed by atoms with Crippen LogP contribution in [-0.4, -0.2) is 22.8 Å². The van der Waals surface area contributed by atoms with Gasteiger partial charge in [0.05, 0.1) is 15.9 Å². The molecule has 6 nitrogen and oxygen atoms in total. The van der Waals surface area contributed by atoms with Gasteiger partial charge in [-0.05, 0) is 69.2 Å². The fraction of sp³-hybridized carbons (Fsp3) is 0.120. The van der Waals surface area contributed by atoms with Gasteiger partial charge in [-0.25, -0.2) is 0 Å². The number of halogens is 3. The monoisotopic (exact) mass is 591 g/mol. The maximum absolute atomic E-state index is 13.0. The second-order valence-corrected chi connectivity index (χ2v) is 10.3. The summed E-state index contributed by atoms with van der Waals surface area (Å²) in [6.45, 7) is 0.466. The highest BCUT2D eigenvalue weighted by atomic mass is 79.9. The Balaban J connectivity index is 1.29. The van der Waals surface area contributed by atoms with Crippen LogP contribution < -0.4 is 14.2 Å². The molecule has 1 fully saturated rings. The van der Waals surface area contributed by atoms with Crippen LogP contribution in [-0.2, 0) is 17.9 Å². The van der Waals surface area contributed by atoms with E-state index < -0.39 is 0 Å². The molecule has 2 amide bonds. The Labute approximate surface area is 223 Å². The number of hydrogen-bond donors (Lipinski definition) is 0. The van der Waals surface area contributed by atoms with Crippen LogP contribution in [0.3, 0.4) is 0 Å². The van der Waals surface area contributed by atoms with Crippen LogP contribution in [0.4, 0.5) is 4.79 Å². The first-order valence-corrected chi connectivity index (χ1v) is 12.7. The second-order valence-electron chi connectivity index (χ2n) is 7.63. The van der Waals surface area contributed by atoms with Crippen LogP contribution >= 0.6 is 50.9 Å². The van der Waals surface area contributed by atoms with E-state index in [-0.39, 0.29) is 24.5 Å². The zero-order chi connectivity index (χ0) is 24.5. The molecule has 0 radical (unpaired) electrons. The highest BCUT2D eigenvalue weighted by molar-refractivity contribution is 9.10. The Bertz CT molecular complexity index is 1380. The molecule has 2 aliphatic heterocycles. The molecule has 3 aromatic carbocycles. The second kappa shape index (κ2) is 10.1. The average molecular weight is 593 g/mol. The van der Waals surface area contributed by atoms with Crippen LogP contribution in [0.25, 0.3) is 6.08 Å². The smallest absolute Gasteiger partial charge is 0.293 e. The van der Waals surface area contributed by atoms with Crippen molar-refractivity contribution in [2.45, 2.75) is 13.2 Å². The van der Waals surface area contributed by atoms with E-state index in [4.69, 9.17) is 37.4 Å². The highest BCUT2D eigenvalue weighted by Gasteiger charge is 2.35. The molecule has 0 spiro atoms. The largest absolute Gasteiger partial charge is 0.488 e. The van der Waals surface area contributed by atoms with Crippen LogP contribution in [0.2, 0.25) is 10.0 Å². The number of carbonyl (C=O) groups excluding carboxylic acids is 2. The molecular weight excluding hydrogens is 577 g/mol. The molecule has 0 N–H and O–H groups in total. The van der Waals surface area contributed by atoms with Crippen molar-refractivity contribution in [2.75, 3.05) is 6.79 Å². The van der Waals surface area contributed by atoms with Crippen LogP contribution in [0.15, 0.2) is 64.0 Å². The van der Waals surface area contributed by atoms with Gasteiger partial charge in [-0.1, -0.05) is 47.5 Å². The van der Waals surface area contributed by atoms with Gasteiger partial charge in [0.2, 0.25) is 6.79 Å². The van der Waals surface area contributed by atoms with Gasteiger partial charge >= 0.3 is 0 Å². The van der Waals surface area contributed by atoms with Crippen molar-refractivity contribution in [2.24, 2.45) is 0 Å². The van der Waals surface area contributed by atoms with E-state index >= 15 is 0 Å². The van der Waals surface area contributed by atoms with Gasteiger partial charge in [0.15, 0.2) is 11.5 Å². The summed E-state index contributed by atoms with van der Waals surface area (Å²) in [6.07, 6.45) is 1.68. The number of benzene rings is 3. The van der Waals surface area contributed by atoms with Gasteiger partial charge in [0.1, 0.15) is 12.4 Å². The topological polar surface area (TPSA) is 65.1 Å². The fourth-order valence-electron chi connectivity index (χ4n) is 3.53. The molecule has 5 rings (SSSR count). The lowest BCUT2D eigenvalue weighted by Crippen LogP contribution is -2.27. The van der Waals surface area contributed by atoms with Crippen molar-refractivity contribution in [3.8, 4) is 17.2 Å². The molecule has 0 saturated carbocycles. The summed E-state index contributed by atoms with van der Waals surface area (Å²) in [4.78, 5) is 27.1. The van der Waals surface area contributed by atoms with Crippen molar-refractivity contribution in [3.63, 3.8) is 0 Å². The molecule has 0 unspecified atom stereocenters. The van der Waals surface area contributed by atoms with E-state index in [9.17, 15) is 9.59 Å². The minimum atomic E-state index is -0.385. The van der Waals surface area contributed by atoms with Gasteiger partial charge < -0.3 is 14.2 Å². The minimum absolute atomic E-state index is 0.0377. The SMILES string of the molecule is O=C1S/C(=C/c2ccc(OCc3ccccc3Cl)c(Br)c2)C(=O)N1Cc1cc2c(cc1Cl)OCO2. The lowest BCUT2D eigenvalue weighted by atomic mass is 10.1. The summed E-state index contributed by atoms with van der Waals surface area (Å²) >= 11 is 16.9. The first-order chi connectivity index (χ1) is 16.9. The highest BCUT2D eigenvalue weighted by Crippen LogP contribution is 2.39. The fourth-order valence-corrected chi connectivity index (χ4v) is 5.29. The summed E-state index contributed by atoms with van der Waals surface area (Å²) in [6, 6.07) is 16.2. The third kappa shape index (κ3) is 5.16. The van der Waals surface area contributed by atoms with E-state index in [1.807, 2.05) is 36.4 Å². The molecule has 2 heterocycles. The number of fused-ring (bicyclic) bond motifs is 1. The first kappa shape index (κ1) is 24.1. The molecule has 0 atom stereocenters. The van der Waals surface area contributed by atoms with E-state index in [0.29, 0.717) is 48.8 Å². The zero-order valence-corrected chi connectivity index (χ0v) is 21.8. The predicted molar refractivity (Wildman–Crippen MR) is 139 cm³/mol. The lowest BCUT2D eigenvalue weighted by Gasteiger charge is -2.14. The number of amides is 2. The van der Waals surface area contributed by atoms with E-state index in [1.54, 1.807) is 24.3 Å². The molecule has 178 valence electrons. The normalized spacial score (nSPS) is 15.9. The van der Waals surface area contributed by atoms with Crippen LogP contribution in [0.5, 0.6) is 17.2 Å². The molecule has 1 saturated heterocycles. The average Bonchev–Trinajstić information content (AvgIpc) is 3.38. The number of hydrogen-bond acceptors (Lipinski definition) is 6. The van der Waals surface area contributed by atoms with Crippen molar-refractivity contribution in [1.82, 2.24) is 4.90 Å². The van der Waals surface area contributed by atoms with Crippen molar-refractivity contribution >= 4 is 68.1 Å². The Morgan fingerprint density at radius 1 is 1.00 bits per heavy atom. The standard InChI is InChI=1S/C25H16BrCl2NO5S/c26-17-7-14(5-6-20(17)32-12-15-3-1-2-4-18(15)27)8-23-24(30)29(25(31)35-23)11-16-9-21-22(10-19(16)28)34-13-33-21/h1-10H,11-13H2/b23-8+. The molecular formula is C25H16BrCl2NO5S. The Hall–Kier alpha value is -2.65. The Morgan fingerprint density at radius 2 is 1.77 bits per heavy atom. The summed E-state index contributed by atoms with van der Waals surface area (Å²) in [7, 11) is 0. The quantitative estimate of drug-likeness (QED) is 0.280. The molecule has 0 bridgehead atoms. The van der Waals surface area contributed by atoms with Crippen molar-refractivity contribution < 1.29 is 23.8 Å².